The van der Waals surface area contributed by atoms with Crippen LogP contribution in [0.2, 0.25) is 0 Å². The molecule has 0 spiro atoms. The smallest absolute Gasteiger partial charge is 0.228 e. The van der Waals surface area contributed by atoms with E-state index in [0.717, 1.165) is 24.2 Å². The van der Waals surface area contributed by atoms with E-state index in [2.05, 4.69) is 10.6 Å². The Bertz CT molecular complexity index is 830. The van der Waals surface area contributed by atoms with Crippen LogP contribution in [0.25, 0.3) is 0 Å². The van der Waals surface area contributed by atoms with Gasteiger partial charge in [-0.15, -0.1) is 0 Å². The van der Waals surface area contributed by atoms with E-state index in [1.54, 1.807) is 29.2 Å². The van der Waals surface area contributed by atoms with Gasteiger partial charge < -0.3 is 15.5 Å². The molecule has 0 radical (unpaired) electrons. The molecule has 1 fully saturated rings. The van der Waals surface area contributed by atoms with Gasteiger partial charge in [0.1, 0.15) is 0 Å². The third kappa shape index (κ3) is 4.47. The number of hydrogen-bond acceptors (Lipinski definition) is 3. The highest BCUT2D eigenvalue weighted by Crippen LogP contribution is 2.22. The largest absolute Gasteiger partial charge is 0.326 e. The lowest BCUT2D eigenvalue weighted by Gasteiger charge is -2.16. The minimum atomic E-state index is -0.162. The number of anilines is 3. The Morgan fingerprint density at radius 2 is 1.73 bits per heavy atom. The van der Waals surface area contributed by atoms with Crippen LogP contribution in [0, 0.1) is 0 Å². The van der Waals surface area contributed by atoms with Crippen molar-refractivity contribution in [2.75, 3.05) is 22.1 Å². The molecular weight excluding hydrogens is 330 g/mol. The van der Waals surface area contributed by atoms with Gasteiger partial charge in [0, 0.05) is 37.0 Å². The Hall–Kier alpha value is -3.15. The molecule has 0 saturated carbocycles. The number of benzene rings is 2. The first kappa shape index (κ1) is 17.7. The second-order valence-corrected chi connectivity index (χ2v) is 6.30. The lowest BCUT2D eigenvalue weighted by Crippen LogP contribution is -2.23. The van der Waals surface area contributed by atoms with E-state index >= 15 is 0 Å². The predicted octanol–water partition coefficient (Wildman–Crippen LogP) is 2.95. The molecule has 2 N–H and O–H groups in total. The maximum absolute atomic E-state index is 12.2. The molecule has 3 rings (SSSR count). The van der Waals surface area contributed by atoms with Crippen molar-refractivity contribution in [3.05, 3.63) is 54.1 Å². The number of rotatable bonds is 5. The van der Waals surface area contributed by atoms with Crippen LogP contribution in [-0.4, -0.2) is 24.3 Å². The van der Waals surface area contributed by atoms with Crippen molar-refractivity contribution in [3.8, 4) is 0 Å². The molecule has 2 aromatic carbocycles. The summed E-state index contributed by atoms with van der Waals surface area (Å²) in [6.07, 6.45) is 1.72. The first-order valence-electron chi connectivity index (χ1n) is 8.58. The Morgan fingerprint density at radius 1 is 1.04 bits per heavy atom. The molecule has 26 heavy (non-hydrogen) atoms. The molecule has 0 unspecified atom stereocenters. The predicted molar refractivity (Wildman–Crippen MR) is 101 cm³/mol. The standard InChI is InChI=1S/C20H21N3O3/c1-14(24)21-16-4-2-5-17(13-16)22-19(25)12-15-7-9-18(10-8-15)23-11-3-6-20(23)26/h2,4-5,7-10,13H,3,6,11-12H2,1H3,(H,21,24)(H,22,25). The minimum Gasteiger partial charge on any atom is -0.326 e. The fourth-order valence-corrected chi connectivity index (χ4v) is 2.98. The normalized spacial score (nSPS) is 13.6. The first-order valence-corrected chi connectivity index (χ1v) is 8.58. The highest BCUT2D eigenvalue weighted by molar-refractivity contribution is 5.96. The SMILES string of the molecule is CC(=O)Nc1cccc(NC(=O)Cc2ccc(N3CCCC3=O)cc2)c1. The average Bonchev–Trinajstić information content (AvgIpc) is 3.01. The molecule has 1 heterocycles. The third-order valence-electron chi connectivity index (χ3n) is 4.15. The monoisotopic (exact) mass is 351 g/mol. The fourth-order valence-electron chi connectivity index (χ4n) is 2.98. The Morgan fingerprint density at radius 3 is 2.35 bits per heavy atom. The zero-order chi connectivity index (χ0) is 18.5. The second kappa shape index (κ2) is 7.82. The van der Waals surface area contributed by atoms with Crippen LogP contribution in [0.1, 0.15) is 25.3 Å². The highest BCUT2D eigenvalue weighted by Gasteiger charge is 2.21. The summed E-state index contributed by atoms with van der Waals surface area (Å²) in [6.45, 7) is 2.19. The summed E-state index contributed by atoms with van der Waals surface area (Å²) in [6, 6.07) is 14.5. The molecule has 3 amide bonds. The number of amides is 3. The zero-order valence-corrected chi connectivity index (χ0v) is 14.6. The number of hydrogen-bond donors (Lipinski definition) is 2. The van der Waals surface area contributed by atoms with Crippen LogP contribution in [-0.2, 0) is 20.8 Å². The topological polar surface area (TPSA) is 78.5 Å². The third-order valence-corrected chi connectivity index (χ3v) is 4.15. The van der Waals surface area contributed by atoms with Crippen molar-refractivity contribution in [1.29, 1.82) is 0 Å². The van der Waals surface area contributed by atoms with Crippen LogP contribution in [0.15, 0.2) is 48.5 Å². The molecule has 1 aliphatic rings. The van der Waals surface area contributed by atoms with Crippen molar-refractivity contribution in [1.82, 2.24) is 0 Å². The molecule has 0 bridgehead atoms. The number of nitrogens with zero attached hydrogens (tertiary/aromatic N) is 1. The molecule has 2 aromatic rings. The van der Waals surface area contributed by atoms with Gasteiger partial charge in [0.05, 0.1) is 6.42 Å². The molecular formula is C20H21N3O3. The van der Waals surface area contributed by atoms with Crippen molar-refractivity contribution in [2.45, 2.75) is 26.2 Å². The van der Waals surface area contributed by atoms with Crippen molar-refractivity contribution in [2.24, 2.45) is 0 Å². The van der Waals surface area contributed by atoms with Gasteiger partial charge >= 0.3 is 0 Å². The quantitative estimate of drug-likeness (QED) is 0.869. The number of carbonyl (C=O) groups is 3. The zero-order valence-electron chi connectivity index (χ0n) is 14.6. The Kier molecular flexibility index (Phi) is 5.31. The van der Waals surface area contributed by atoms with Crippen LogP contribution >= 0.6 is 0 Å². The van der Waals surface area contributed by atoms with Crippen molar-refractivity contribution >= 4 is 34.8 Å². The molecule has 0 aromatic heterocycles. The van der Waals surface area contributed by atoms with E-state index in [1.807, 2.05) is 24.3 Å². The molecule has 134 valence electrons. The van der Waals surface area contributed by atoms with Gasteiger partial charge in [-0.2, -0.15) is 0 Å². The maximum Gasteiger partial charge on any atom is 0.228 e. The lowest BCUT2D eigenvalue weighted by atomic mass is 10.1. The molecule has 6 heteroatoms. The van der Waals surface area contributed by atoms with Gasteiger partial charge in [-0.25, -0.2) is 0 Å². The van der Waals surface area contributed by atoms with Crippen LogP contribution in [0.5, 0.6) is 0 Å². The summed E-state index contributed by atoms with van der Waals surface area (Å²) in [7, 11) is 0. The first-order chi connectivity index (χ1) is 12.5. The van der Waals surface area contributed by atoms with E-state index in [-0.39, 0.29) is 24.1 Å². The Balaban J connectivity index is 1.59. The van der Waals surface area contributed by atoms with E-state index in [1.165, 1.54) is 6.92 Å². The minimum absolute atomic E-state index is 0.144. The van der Waals surface area contributed by atoms with Gasteiger partial charge in [-0.3, -0.25) is 14.4 Å². The van der Waals surface area contributed by atoms with E-state index in [0.29, 0.717) is 17.8 Å². The van der Waals surface area contributed by atoms with Crippen molar-refractivity contribution in [3.63, 3.8) is 0 Å². The maximum atomic E-state index is 12.2. The highest BCUT2D eigenvalue weighted by atomic mass is 16.2. The summed E-state index contributed by atoms with van der Waals surface area (Å²) in [5.74, 6) is -0.158. The second-order valence-electron chi connectivity index (χ2n) is 6.30. The molecule has 6 nitrogen and oxygen atoms in total. The summed E-state index contributed by atoms with van der Waals surface area (Å²) in [4.78, 5) is 36.9. The summed E-state index contributed by atoms with van der Waals surface area (Å²) in [5, 5.41) is 5.51. The van der Waals surface area contributed by atoms with Gasteiger partial charge in [-0.1, -0.05) is 18.2 Å². The van der Waals surface area contributed by atoms with E-state index in [9.17, 15) is 14.4 Å². The number of carbonyl (C=O) groups excluding carboxylic acids is 3. The lowest BCUT2D eigenvalue weighted by molar-refractivity contribution is -0.117. The Labute approximate surface area is 152 Å². The van der Waals surface area contributed by atoms with Crippen molar-refractivity contribution < 1.29 is 14.4 Å². The van der Waals surface area contributed by atoms with Crippen LogP contribution < -0.4 is 15.5 Å². The van der Waals surface area contributed by atoms with Gasteiger partial charge in [0.25, 0.3) is 0 Å². The molecule has 1 saturated heterocycles. The summed E-state index contributed by atoms with van der Waals surface area (Å²) in [5.41, 5.74) is 3.01. The van der Waals surface area contributed by atoms with Crippen LogP contribution in [0.4, 0.5) is 17.1 Å². The molecule has 0 aliphatic carbocycles. The summed E-state index contributed by atoms with van der Waals surface area (Å²) < 4.78 is 0. The van der Waals surface area contributed by atoms with E-state index in [4.69, 9.17) is 0 Å². The average molecular weight is 351 g/mol. The van der Waals surface area contributed by atoms with Crippen LogP contribution in [0.3, 0.4) is 0 Å². The molecule has 1 aliphatic heterocycles. The van der Waals surface area contributed by atoms with E-state index < -0.39 is 0 Å². The number of nitrogens with one attached hydrogen (secondary N) is 2. The van der Waals surface area contributed by atoms with Gasteiger partial charge in [-0.05, 0) is 42.3 Å². The molecule has 0 atom stereocenters. The fraction of sp³-hybridized carbons (Fsp3) is 0.250. The van der Waals surface area contributed by atoms with Gasteiger partial charge in [0.2, 0.25) is 17.7 Å². The summed E-state index contributed by atoms with van der Waals surface area (Å²) >= 11 is 0. The van der Waals surface area contributed by atoms with Gasteiger partial charge in [0.15, 0.2) is 0 Å².